The van der Waals surface area contributed by atoms with Crippen molar-refractivity contribution in [3.8, 4) is 5.75 Å². The van der Waals surface area contributed by atoms with Crippen LogP contribution in [-0.4, -0.2) is 21.8 Å². The van der Waals surface area contributed by atoms with Gasteiger partial charge in [0.15, 0.2) is 5.11 Å². The van der Waals surface area contributed by atoms with Crippen molar-refractivity contribution in [2.75, 3.05) is 12.0 Å². The number of hydrogen-bond donors (Lipinski definition) is 1. The highest BCUT2D eigenvalue weighted by Gasteiger charge is 2.42. The van der Waals surface area contributed by atoms with Crippen LogP contribution < -0.4 is 15.0 Å². The molecule has 1 aromatic carbocycles. The molecule has 0 spiro atoms. The molecule has 0 bridgehead atoms. The molecule has 154 valence electrons. The number of anilines is 1. The molecule has 5 rings (SSSR count). The molecule has 5 nitrogen and oxygen atoms in total. The molecular weight excluding hydrogens is 392 g/mol. The van der Waals surface area contributed by atoms with Gasteiger partial charge in [-0.1, -0.05) is 6.07 Å². The molecule has 2 aromatic heterocycles. The second-order valence-electron chi connectivity index (χ2n) is 8.12. The molecule has 2 atom stereocenters. The van der Waals surface area contributed by atoms with Gasteiger partial charge in [0.25, 0.3) is 0 Å². The number of rotatable bonds is 5. The number of aryl methyl sites for hydroxylation is 1. The molecule has 0 radical (unpaired) electrons. The Labute approximate surface area is 182 Å². The predicted octanol–water partition coefficient (Wildman–Crippen LogP) is 5.02. The summed E-state index contributed by atoms with van der Waals surface area (Å²) in [5.74, 6) is 0.835. The molecule has 2 aliphatic rings. The smallest absolute Gasteiger partial charge is 0.174 e. The van der Waals surface area contributed by atoms with Crippen LogP contribution in [0.3, 0.4) is 0 Å². The van der Waals surface area contributed by atoms with Crippen molar-refractivity contribution in [3.05, 3.63) is 77.4 Å². The summed E-state index contributed by atoms with van der Waals surface area (Å²) in [6.45, 7) is 4.45. The number of nitrogens with zero attached hydrogens (tertiary/aromatic N) is 3. The van der Waals surface area contributed by atoms with E-state index in [4.69, 9.17) is 17.0 Å². The van der Waals surface area contributed by atoms with E-state index in [1.807, 2.05) is 30.5 Å². The maximum absolute atomic E-state index is 5.83. The summed E-state index contributed by atoms with van der Waals surface area (Å²) in [6, 6.07) is 17.1. The summed E-state index contributed by atoms with van der Waals surface area (Å²) in [7, 11) is 1.68. The molecule has 0 unspecified atom stereocenters. The first-order chi connectivity index (χ1) is 14.6. The Hall–Kier alpha value is -2.86. The summed E-state index contributed by atoms with van der Waals surface area (Å²) < 4.78 is 7.85. The van der Waals surface area contributed by atoms with Gasteiger partial charge in [-0.25, -0.2) is 0 Å². The van der Waals surface area contributed by atoms with Crippen LogP contribution in [0.25, 0.3) is 0 Å². The average molecular weight is 419 g/mol. The third-order valence-corrected chi connectivity index (χ3v) is 6.52. The predicted molar refractivity (Wildman–Crippen MR) is 123 cm³/mol. The molecule has 3 aromatic rings. The van der Waals surface area contributed by atoms with Crippen LogP contribution in [-0.2, 0) is 0 Å². The number of nitrogens with one attached hydrogen (secondary N) is 1. The summed E-state index contributed by atoms with van der Waals surface area (Å²) in [6.07, 6.45) is 4.38. The number of methoxy groups -OCH3 is 1. The van der Waals surface area contributed by atoms with Crippen molar-refractivity contribution in [1.29, 1.82) is 0 Å². The van der Waals surface area contributed by atoms with Crippen LogP contribution >= 0.6 is 12.2 Å². The van der Waals surface area contributed by atoms with Crippen molar-refractivity contribution < 1.29 is 4.74 Å². The van der Waals surface area contributed by atoms with E-state index in [2.05, 4.69) is 57.9 Å². The Balaban J connectivity index is 1.64. The Morgan fingerprint density at radius 1 is 1.10 bits per heavy atom. The third-order valence-electron chi connectivity index (χ3n) is 6.20. The number of aromatic nitrogens is 2. The summed E-state index contributed by atoms with van der Waals surface area (Å²) in [5, 5.41) is 4.27. The largest absolute Gasteiger partial charge is 0.497 e. The minimum Gasteiger partial charge on any atom is -0.497 e. The van der Waals surface area contributed by atoms with Gasteiger partial charge in [-0.05, 0) is 86.9 Å². The lowest BCUT2D eigenvalue weighted by molar-refractivity contribution is 0.415. The Morgan fingerprint density at radius 3 is 2.50 bits per heavy atom. The number of benzene rings is 1. The highest BCUT2D eigenvalue weighted by Crippen LogP contribution is 2.46. The van der Waals surface area contributed by atoms with Crippen molar-refractivity contribution in [2.45, 2.75) is 44.8 Å². The Kier molecular flexibility index (Phi) is 4.74. The second kappa shape index (κ2) is 7.43. The maximum Gasteiger partial charge on any atom is 0.174 e. The minimum absolute atomic E-state index is 0.0195. The highest BCUT2D eigenvalue weighted by atomic mass is 32.1. The van der Waals surface area contributed by atoms with Crippen molar-refractivity contribution in [1.82, 2.24) is 14.9 Å². The van der Waals surface area contributed by atoms with E-state index < -0.39 is 0 Å². The molecule has 1 saturated carbocycles. The van der Waals surface area contributed by atoms with E-state index in [0.717, 1.165) is 22.2 Å². The zero-order valence-corrected chi connectivity index (χ0v) is 18.3. The molecule has 2 fully saturated rings. The quantitative estimate of drug-likeness (QED) is 0.589. The first-order valence-electron chi connectivity index (χ1n) is 10.4. The SMILES string of the molecule is COc1ccc(N2C(=S)N[C@@H](c3ccccn3)[C@@H]2c2cc(C)n(C3CC3)c2C)cc1. The van der Waals surface area contributed by atoms with E-state index in [-0.39, 0.29) is 12.1 Å². The fraction of sp³-hybridized carbons (Fsp3) is 0.333. The van der Waals surface area contributed by atoms with Gasteiger partial charge in [-0.15, -0.1) is 0 Å². The number of pyridine rings is 1. The first kappa shape index (κ1) is 19.1. The normalized spacial score (nSPS) is 21.0. The van der Waals surface area contributed by atoms with Crippen LogP contribution in [0.4, 0.5) is 5.69 Å². The zero-order valence-electron chi connectivity index (χ0n) is 17.5. The van der Waals surface area contributed by atoms with Gasteiger partial charge >= 0.3 is 0 Å². The second-order valence-corrected chi connectivity index (χ2v) is 8.51. The van der Waals surface area contributed by atoms with Gasteiger partial charge in [0, 0.05) is 29.3 Å². The Morgan fingerprint density at radius 2 is 1.87 bits per heavy atom. The van der Waals surface area contributed by atoms with Gasteiger partial charge in [-0.3, -0.25) is 4.98 Å². The van der Waals surface area contributed by atoms with Gasteiger partial charge in [0.05, 0.1) is 24.9 Å². The summed E-state index contributed by atoms with van der Waals surface area (Å²) in [5.41, 5.74) is 5.99. The minimum atomic E-state index is -0.0195. The lowest BCUT2D eigenvalue weighted by Gasteiger charge is -2.28. The van der Waals surface area contributed by atoms with E-state index in [9.17, 15) is 0 Å². The number of ether oxygens (including phenoxy) is 1. The van der Waals surface area contributed by atoms with Crippen LogP contribution in [0.2, 0.25) is 0 Å². The molecular formula is C24H26N4OS. The lowest BCUT2D eigenvalue weighted by atomic mass is 9.96. The average Bonchev–Trinajstić information content (AvgIpc) is 3.48. The topological polar surface area (TPSA) is 42.3 Å². The molecule has 1 N–H and O–H groups in total. The van der Waals surface area contributed by atoms with Gasteiger partial charge in [0.1, 0.15) is 5.75 Å². The van der Waals surface area contributed by atoms with Gasteiger partial charge in [0.2, 0.25) is 0 Å². The molecule has 6 heteroatoms. The van der Waals surface area contributed by atoms with E-state index in [1.165, 1.54) is 29.8 Å². The fourth-order valence-electron chi connectivity index (χ4n) is 4.69. The summed E-state index contributed by atoms with van der Waals surface area (Å²) in [4.78, 5) is 6.89. The molecule has 1 aliphatic carbocycles. The van der Waals surface area contributed by atoms with E-state index in [1.54, 1.807) is 7.11 Å². The first-order valence-corrected chi connectivity index (χ1v) is 10.8. The van der Waals surface area contributed by atoms with E-state index in [0.29, 0.717) is 6.04 Å². The van der Waals surface area contributed by atoms with Crippen LogP contribution in [0.1, 0.15) is 53.6 Å². The van der Waals surface area contributed by atoms with Crippen LogP contribution in [0, 0.1) is 13.8 Å². The maximum atomic E-state index is 5.83. The lowest BCUT2D eigenvalue weighted by Crippen LogP contribution is -2.29. The molecule has 3 heterocycles. The van der Waals surface area contributed by atoms with E-state index >= 15 is 0 Å². The Bertz CT molecular complexity index is 1070. The summed E-state index contributed by atoms with van der Waals surface area (Å²) >= 11 is 5.83. The van der Waals surface area contributed by atoms with Gasteiger partial charge in [-0.2, -0.15) is 0 Å². The third kappa shape index (κ3) is 3.16. The van der Waals surface area contributed by atoms with Crippen molar-refractivity contribution in [3.63, 3.8) is 0 Å². The standard InChI is InChI=1S/C24H26N4OS/c1-15-14-20(16(2)27(15)17-7-8-17)23-22(21-6-4-5-13-25-21)26-24(30)28(23)18-9-11-19(29-3)12-10-18/h4-6,9-14,17,22-23H,7-8H2,1-3H3,(H,26,30)/t22-,23-/m0/s1. The zero-order chi connectivity index (χ0) is 20.8. The molecule has 1 saturated heterocycles. The number of hydrogen-bond acceptors (Lipinski definition) is 3. The van der Waals surface area contributed by atoms with Crippen LogP contribution in [0.15, 0.2) is 54.7 Å². The number of thiocarbonyl (C=S) groups is 1. The van der Waals surface area contributed by atoms with Crippen molar-refractivity contribution >= 4 is 23.0 Å². The monoisotopic (exact) mass is 418 g/mol. The molecule has 30 heavy (non-hydrogen) atoms. The molecule has 0 amide bonds. The molecule has 1 aliphatic heterocycles. The van der Waals surface area contributed by atoms with Crippen LogP contribution in [0.5, 0.6) is 5.75 Å². The highest BCUT2D eigenvalue weighted by molar-refractivity contribution is 7.80. The fourth-order valence-corrected chi connectivity index (χ4v) is 5.03. The van der Waals surface area contributed by atoms with Gasteiger partial charge < -0.3 is 19.5 Å². The van der Waals surface area contributed by atoms with Crippen molar-refractivity contribution in [2.24, 2.45) is 0 Å².